The highest BCUT2D eigenvalue weighted by molar-refractivity contribution is 6.00. The second kappa shape index (κ2) is 7.91. The molecule has 2 aromatic carbocycles. The van der Waals surface area contributed by atoms with Gasteiger partial charge >= 0.3 is 0 Å². The van der Waals surface area contributed by atoms with Crippen molar-refractivity contribution in [3.63, 3.8) is 0 Å². The smallest absolute Gasteiger partial charge is 0.227 e. The lowest BCUT2D eigenvalue weighted by Crippen LogP contribution is -2.34. The van der Waals surface area contributed by atoms with Gasteiger partial charge in [-0.1, -0.05) is 12.1 Å². The molecule has 6 nitrogen and oxygen atoms in total. The van der Waals surface area contributed by atoms with Crippen LogP contribution in [-0.4, -0.2) is 37.1 Å². The van der Waals surface area contributed by atoms with Crippen LogP contribution in [0.1, 0.15) is 12.0 Å². The number of benzene rings is 2. The Hall–Kier alpha value is -3.02. The Balaban J connectivity index is 1.53. The minimum atomic E-state index is -0.353. The lowest BCUT2D eigenvalue weighted by atomic mass is 10.1. The van der Waals surface area contributed by atoms with Crippen LogP contribution in [0.25, 0.3) is 0 Å². The maximum atomic E-state index is 12.4. The van der Waals surface area contributed by atoms with Gasteiger partial charge in [0.2, 0.25) is 11.8 Å². The molecule has 1 fully saturated rings. The van der Waals surface area contributed by atoms with Gasteiger partial charge in [-0.05, 0) is 48.4 Å². The third kappa shape index (κ3) is 4.14. The standard InChI is InChI=1S/C20H22N2O4/c1-26-18-7-5-16(6-8-18)22-13-15(12-19(22)24)20(25)21-10-9-14-3-2-4-17(23)11-14/h2-8,11,15,23H,9-10,12-13H2,1H3,(H,21,25). The van der Waals surface area contributed by atoms with E-state index in [4.69, 9.17) is 4.74 Å². The lowest BCUT2D eigenvalue weighted by molar-refractivity contribution is -0.126. The van der Waals surface area contributed by atoms with Gasteiger partial charge in [0.15, 0.2) is 0 Å². The Labute approximate surface area is 152 Å². The van der Waals surface area contributed by atoms with Gasteiger partial charge in [-0.15, -0.1) is 0 Å². The van der Waals surface area contributed by atoms with E-state index < -0.39 is 0 Å². The van der Waals surface area contributed by atoms with Crippen LogP contribution in [0.5, 0.6) is 11.5 Å². The van der Waals surface area contributed by atoms with E-state index in [0.29, 0.717) is 19.5 Å². The van der Waals surface area contributed by atoms with E-state index in [1.54, 1.807) is 42.3 Å². The van der Waals surface area contributed by atoms with Gasteiger partial charge in [0, 0.05) is 25.2 Å². The van der Waals surface area contributed by atoms with Gasteiger partial charge in [-0.25, -0.2) is 0 Å². The second-order valence-corrected chi connectivity index (χ2v) is 6.31. The topological polar surface area (TPSA) is 78.9 Å². The summed E-state index contributed by atoms with van der Waals surface area (Å²) in [5, 5.41) is 12.3. The summed E-state index contributed by atoms with van der Waals surface area (Å²) in [4.78, 5) is 26.3. The minimum Gasteiger partial charge on any atom is -0.508 e. The van der Waals surface area contributed by atoms with Crippen LogP contribution in [0.15, 0.2) is 48.5 Å². The van der Waals surface area contributed by atoms with E-state index in [9.17, 15) is 14.7 Å². The van der Waals surface area contributed by atoms with Crippen molar-refractivity contribution in [2.24, 2.45) is 5.92 Å². The zero-order valence-electron chi connectivity index (χ0n) is 14.6. The summed E-state index contributed by atoms with van der Waals surface area (Å²) in [7, 11) is 1.59. The number of hydrogen-bond donors (Lipinski definition) is 2. The van der Waals surface area contributed by atoms with Crippen LogP contribution in [-0.2, 0) is 16.0 Å². The van der Waals surface area contributed by atoms with Crippen LogP contribution in [0.3, 0.4) is 0 Å². The third-order valence-electron chi connectivity index (χ3n) is 4.50. The molecule has 0 radical (unpaired) electrons. The highest BCUT2D eigenvalue weighted by Gasteiger charge is 2.34. The normalized spacial score (nSPS) is 16.6. The number of carbonyl (C=O) groups excluding carboxylic acids is 2. The van der Waals surface area contributed by atoms with Gasteiger partial charge in [-0.2, -0.15) is 0 Å². The Morgan fingerprint density at radius 1 is 1.27 bits per heavy atom. The van der Waals surface area contributed by atoms with Gasteiger partial charge in [-0.3, -0.25) is 9.59 Å². The van der Waals surface area contributed by atoms with Gasteiger partial charge < -0.3 is 20.1 Å². The Bertz CT molecular complexity index is 789. The average Bonchev–Trinajstić information content (AvgIpc) is 3.04. The van der Waals surface area contributed by atoms with Gasteiger partial charge in [0.05, 0.1) is 13.0 Å². The fourth-order valence-electron chi connectivity index (χ4n) is 3.08. The highest BCUT2D eigenvalue weighted by Crippen LogP contribution is 2.26. The van der Waals surface area contributed by atoms with Gasteiger partial charge in [0.1, 0.15) is 11.5 Å². The molecule has 2 N–H and O–H groups in total. The number of amides is 2. The number of hydrogen-bond acceptors (Lipinski definition) is 4. The molecule has 1 atom stereocenters. The third-order valence-corrected chi connectivity index (χ3v) is 4.50. The number of methoxy groups -OCH3 is 1. The predicted molar refractivity (Wildman–Crippen MR) is 98.3 cm³/mol. The van der Waals surface area contributed by atoms with E-state index in [0.717, 1.165) is 17.0 Å². The number of ether oxygens (including phenoxy) is 1. The number of carbonyl (C=O) groups is 2. The first-order valence-corrected chi connectivity index (χ1v) is 8.57. The van der Waals surface area contributed by atoms with E-state index in [-0.39, 0.29) is 29.9 Å². The average molecular weight is 354 g/mol. The fourth-order valence-corrected chi connectivity index (χ4v) is 3.08. The maximum absolute atomic E-state index is 12.4. The lowest BCUT2D eigenvalue weighted by Gasteiger charge is -2.17. The molecule has 0 spiro atoms. The highest BCUT2D eigenvalue weighted by atomic mass is 16.5. The number of nitrogens with zero attached hydrogens (tertiary/aromatic N) is 1. The Kier molecular flexibility index (Phi) is 5.41. The number of phenolic OH excluding ortho intramolecular Hbond substituents is 1. The van der Waals surface area contributed by atoms with Crippen molar-refractivity contribution >= 4 is 17.5 Å². The molecule has 1 saturated heterocycles. The first kappa shape index (κ1) is 17.8. The van der Waals surface area contributed by atoms with Crippen molar-refractivity contribution in [1.82, 2.24) is 5.32 Å². The van der Waals surface area contributed by atoms with Crippen molar-refractivity contribution in [3.05, 3.63) is 54.1 Å². The molecule has 1 aliphatic heterocycles. The fraction of sp³-hybridized carbons (Fsp3) is 0.300. The summed E-state index contributed by atoms with van der Waals surface area (Å²) in [6.07, 6.45) is 0.840. The number of rotatable bonds is 6. The summed E-state index contributed by atoms with van der Waals surface area (Å²) >= 11 is 0. The summed E-state index contributed by atoms with van der Waals surface area (Å²) < 4.78 is 5.12. The molecule has 2 amide bonds. The van der Waals surface area contributed by atoms with E-state index in [2.05, 4.69) is 5.32 Å². The van der Waals surface area contributed by atoms with Crippen molar-refractivity contribution in [1.29, 1.82) is 0 Å². The van der Waals surface area contributed by atoms with Crippen molar-refractivity contribution in [2.75, 3.05) is 25.1 Å². The molecule has 1 aliphatic rings. The first-order valence-electron chi connectivity index (χ1n) is 8.57. The van der Waals surface area contributed by atoms with Crippen LogP contribution in [0, 0.1) is 5.92 Å². The molecule has 26 heavy (non-hydrogen) atoms. The van der Waals surface area contributed by atoms with Crippen LogP contribution in [0.2, 0.25) is 0 Å². The monoisotopic (exact) mass is 354 g/mol. The molecule has 0 aromatic heterocycles. The Morgan fingerprint density at radius 3 is 2.73 bits per heavy atom. The van der Waals surface area contributed by atoms with E-state index in [1.165, 1.54) is 0 Å². The number of anilines is 1. The van der Waals surface area contributed by atoms with Crippen LogP contribution < -0.4 is 15.0 Å². The molecule has 6 heteroatoms. The van der Waals surface area contributed by atoms with Crippen LogP contribution in [0.4, 0.5) is 5.69 Å². The molecule has 3 rings (SSSR count). The zero-order valence-corrected chi connectivity index (χ0v) is 14.6. The molecule has 0 saturated carbocycles. The summed E-state index contributed by atoms with van der Waals surface area (Å²) in [5.74, 6) is 0.415. The van der Waals surface area contributed by atoms with Crippen molar-refractivity contribution in [2.45, 2.75) is 12.8 Å². The predicted octanol–water partition coefficient (Wildman–Crippen LogP) is 2.11. The molecular formula is C20H22N2O4. The summed E-state index contributed by atoms with van der Waals surface area (Å²) in [5.41, 5.74) is 1.72. The molecule has 1 unspecified atom stereocenters. The minimum absolute atomic E-state index is 0.0525. The molecule has 0 aliphatic carbocycles. The number of nitrogens with one attached hydrogen (secondary N) is 1. The number of aromatic hydroxyl groups is 1. The quantitative estimate of drug-likeness (QED) is 0.833. The molecule has 136 valence electrons. The zero-order chi connectivity index (χ0) is 18.5. The van der Waals surface area contributed by atoms with Crippen LogP contribution >= 0.6 is 0 Å². The Morgan fingerprint density at radius 2 is 2.04 bits per heavy atom. The van der Waals surface area contributed by atoms with E-state index in [1.807, 2.05) is 18.2 Å². The molecule has 0 bridgehead atoms. The summed E-state index contributed by atoms with van der Waals surface area (Å²) in [6.45, 7) is 0.846. The molecule has 1 heterocycles. The second-order valence-electron chi connectivity index (χ2n) is 6.31. The van der Waals surface area contributed by atoms with E-state index >= 15 is 0 Å². The van der Waals surface area contributed by atoms with Gasteiger partial charge in [0.25, 0.3) is 0 Å². The van der Waals surface area contributed by atoms with Crippen molar-refractivity contribution in [3.8, 4) is 11.5 Å². The molecule has 2 aromatic rings. The summed E-state index contributed by atoms with van der Waals surface area (Å²) in [6, 6.07) is 14.2. The maximum Gasteiger partial charge on any atom is 0.227 e. The largest absolute Gasteiger partial charge is 0.508 e. The molecular weight excluding hydrogens is 332 g/mol. The SMILES string of the molecule is COc1ccc(N2CC(C(=O)NCCc3cccc(O)c3)CC2=O)cc1. The number of phenols is 1. The first-order chi connectivity index (χ1) is 12.6. The van der Waals surface area contributed by atoms with Crippen molar-refractivity contribution < 1.29 is 19.4 Å².